The molecule has 1 aromatic carbocycles. The van der Waals surface area contributed by atoms with E-state index in [1.165, 1.54) is 22.9 Å². The van der Waals surface area contributed by atoms with Gasteiger partial charge >= 0.3 is 0 Å². The zero-order chi connectivity index (χ0) is 21.4. The number of carbonyl (C=O) groups is 1. The molecule has 0 spiro atoms. The third-order valence-electron chi connectivity index (χ3n) is 4.93. The van der Waals surface area contributed by atoms with E-state index in [4.69, 9.17) is 11.6 Å². The van der Waals surface area contributed by atoms with E-state index in [0.29, 0.717) is 23.6 Å². The van der Waals surface area contributed by atoms with Gasteiger partial charge in [-0.3, -0.25) is 14.2 Å². The lowest BCUT2D eigenvalue weighted by atomic mass is 10.2. The number of alkyl halides is 2. The number of nitrogens with one attached hydrogen (secondary N) is 1. The lowest BCUT2D eigenvalue weighted by Gasteiger charge is -2.07. The lowest BCUT2D eigenvalue weighted by molar-refractivity contribution is -0.117. The highest BCUT2D eigenvalue weighted by atomic mass is 35.5. The van der Waals surface area contributed by atoms with Crippen molar-refractivity contribution in [1.29, 1.82) is 0 Å². The molecule has 3 aromatic rings. The van der Waals surface area contributed by atoms with E-state index in [-0.39, 0.29) is 23.2 Å². The van der Waals surface area contributed by atoms with Gasteiger partial charge in [0.05, 0.1) is 6.54 Å². The highest BCUT2D eigenvalue weighted by molar-refractivity contribution is 6.31. The molecule has 1 aliphatic carbocycles. The van der Waals surface area contributed by atoms with E-state index >= 15 is 0 Å². The molecule has 6 nitrogen and oxygen atoms in total. The van der Waals surface area contributed by atoms with Crippen LogP contribution in [-0.4, -0.2) is 25.5 Å². The Morgan fingerprint density at radius 1 is 1.23 bits per heavy atom. The van der Waals surface area contributed by atoms with Crippen LogP contribution in [0.5, 0.6) is 0 Å². The van der Waals surface area contributed by atoms with E-state index in [2.05, 4.69) is 15.5 Å². The summed E-state index contributed by atoms with van der Waals surface area (Å²) in [5, 5.41) is 11.2. The van der Waals surface area contributed by atoms with E-state index in [1.54, 1.807) is 16.8 Å². The summed E-state index contributed by atoms with van der Waals surface area (Å²) in [6.45, 7) is 1.95. The van der Waals surface area contributed by atoms with Crippen LogP contribution < -0.4 is 5.32 Å². The van der Waals surface area contributed by atoms with Crippen molar-refractivity contribution in [2.45, 2.75) is 45.2 Å². The summed E-state index contributed by atoms with van der Waals surface area (Å²) in [5.41, 5.74) is 1.80. The number of aromatic nitrogens is 4. The molecule has 1 saturated carbocycles. The quantitative estimate of drug-likeness (QED) is 0.583. The largest absolute Gasteiger partial charge is 0.308 e. The maximum absolute atomic E-state index is 13.2. The van der Waals surface area contributed by atoms with Crippen LogP contribution in [0.4, 0.5) is 19.0 Å². The highest BCUT2D eigenvalue weighted by Crippen LogP contribution is 2.41. The Balaban J connectivity index is 1.45. The summed E-state index contributed by atoms with van der Waals surface area (Å²) in [7, 11) is 0. The van der Waals surface area contributed by atoms with Crippen molar-refractivity contribution in [3.05, 3.63) is 63.8 Å². The molecule has 0 unspecified atom stereocenters. The van der Waals surface area contributed by atoms with Crippen molar-refractivity contribution < 1.29 is 18.0 Å². The Bertz CT molecular complexity index is 1090. The van der Waals surface area contributed by atoms with Crippen LogP contribution in [0.3, 0.4) is 0 Å². The molecule has 1 fully saturated rings. The van der Waals surface area contributed by atoms with Crippen LogP contribution in [-0.2, 0) is 17.9 Å². The Labute approximate surface area is 175 Å². The summed E-state index contributed by atoms with van der Waals surface area (Å²) < 4.78 is 42.2. The summed E-state index contributed by atoms with van der Waals surface area (Å²) in [4.78, 5) is 12.5. The number of hydrogen-bond donors (Lipinski definition) is 1. The predicted octanol–water partition coefficient (Wildman–Crippen LogP) is 4.68. The number of hydrogen-bond acceptors (Lipinski definition) is 3. The number of amides is 1. The third kappa shape index (κ3) is 4.51. The number of benzene rings is 1. The molecule has 4 rings (SSSR count). The van der Waals surface area contributed by atoms with Crippen LogP contribution >= 0.6 is 11.6 Å². The van der Waals surface area contributed by atoms with Crippen molar-refractivity contribution in [2.24, 2.45) is 0 Å². The first-order valence-electron chi connectivity index (χ1n) is 9.44. The van der Waals surface area contributed by atoms with Crippen LogP contribution in [0.1, 0.15) is 47.8 Å². The Morgan fingerprint density at radius 2 is 2.00 bits per heavy atom. The van der Waals surface area contributed by atoms with Crippen molar-refractivity contribution in [3.8, 4) is 0 Å². The van der Waals surface area contributed by atoms with E-state index in [0.717, 1.165) is 18.5 Å². The minimum atomic E-state index is -2.68. The third-order valence-corrected chi connectivity index (χ3v) is 5.28. The Hall–Kier alpha value is -2.81. The number of nitrogens with zero attached hydrogens (tertiary/aromatic N) is 4. The van der Waals surface area contributed by atoms with E-state index < -0.39 is 18.1 Å². The molecule has 0 aliphatic heterocycles. The van der Waals surface area contributed by atoms with Gasteiger partial charge in [-0.15, -0.1) is 0 Å². The fourth-order valence-corrected chi connectivity index (χ4v) is 3.48. The van der Waals surface area contributed by atoms with E-state index in [9.17, 15) is 18.0 Å². The van der Waals surface area contributed by atoms with Crippen molar-refractivity contribution in [1.82, 2.24) is 19.6 Å². The smallest absolute Gasteiger partial charge is 0.282 e. The van der Waals surface area contributed by atoms with Crippen LogP contribution in [0.2, 0.25) is 5.02 Å². The molecule has 2 heterocycles. The number of rotatable bonds is 7. The van der Waals surface area contributed by atoms with Gasteiger partial charge in [-0.1, -0.05) is 17.7 Å². The monoisotopic (exact) mass is 437 g/mol. The number of aryl methyl sites for hydroxylation is 1. The fraction of sp³-hybridized carbons (Fsp3) is 0.350. The van der Waals surface area contributed by atoms with Crippen LogP contribution in [0, 0.1) is 12.7 Å². The number of halogens is 4. The molecular formula is C20H19ClF3N5O. The standard InChI is InChI=1S/C20H19ClF3N5O/c1-11-6-18(27-28(11)9-13-4-5-14(22)7-15(13)21)25-19(30)10-29-17(12-2-3-12)8-16(26-29)20(23)24/h4-8,12,20H,2-3,9-10H2,1H3,(H,25,27,30). The molecule has 0 atom stereocenters. The summed E-state index contributed by atoms with van der Waals surface area (Å²) >= 11 is 6.07. The first kappa shape index (κ1) is 20.5. The molecule has 10 heteroatoms. The molecule has 0 radical (unpaired) electrons. The fourth-order valence-electron chi connectivity index (χ4n) is 3.25. The lowest BCUT2D eigenvalue weighted by Crippen LogP contribution is -2.21. The first-order chi connectivity index (χ1) is 14.3. The average molecular weight is 438 g/mol. The average Bonchev–Trinajstić information content (AvgIpc) is 3.34. The van der Waals surface area contributed by atoms with Gasteiger partial charge in [0.2, 0.25) is 5.91 Å². The Morgan fingerprint density at radius 3 is 2.67 bits per heavy atom. The Kier molecular flexibility index (Phi) is 5.55. The summed E-state index contributed by atoms with van der Waals surface area (Å²) in [5.74, 6) is -0.331. The maximum atomic E-state index is 13.2. The highest BCUT2D eigenvalue weighted by Gasteiger charge is 2.30. The van der Waals surface area contributed by atoms with Gasteiger partial charge in [-0.25, -0.2) is 13.2 Å². The molecule has 1 aliphatic rings. The van der Waals surface area contributed by atoms with E-state index in [1.807, 2.05) is 6.92 Å². The molecule has 2 aromatic heterocycles. The maximum Gasteiger partial charge on any atom is 0.282 e. The van der Waals surface area contributed by atoms with Crippen molar-refractivity contribution in [2.75, 3.05) is 5.32 Å². The first-order valence-corrected chi connectivity index (χ1v) is 9.82. The molecule has 158 valence electrons. The van der Waals surface area contributed by atoms with Gasteiger partial charge in [0, 0.05) is 28.4 Å². The molecule has 0 bridgehead atoms. The second-order valence-corrected chi connectivity index (χ2v) is 7.75. The van der Waals surface area contributed by atoms with Gasteiger partial charge in [0.15, 0.2) is 5.82 Å². The molecular weight excluding hydrogens is 419 g/mol. The molecule has 1 N–H and O–H groups in total. The minimum Gasteiger partial charge on any atom is -0.308 e. The second-order valence-electron chi connectivity index (χ2n) is 7.34. The summed E-state index contributed by atoms with van der Waals surface area (Å²) in [6, 6.07) is 7.19. The number of anilines is 1. The SMILES string of the molecule is Cc1cc(NC(=O)Cn2nc(C(F)F)cc2C2CC2)nn1Cc1ccc(F)cc1Cl. The van der Waals surface area contributed by atoms with Crippen molar-refractivity contribution >= 4 is 23.3 Å². The zero-order valence-electron chi connectivity index (χ0n) is 16.1. The second kappa shape index (κ2) is 8.14. The van der Waals surface area contributed by atoms with Crippen LogP contribution in [0.15, 0.2) is 30.3 Å². The van der Waals surface area contributed by atoms with Gasteiger partial charge in [0.25, 0.3) is 6.43 Å². The predicted molar refractivity (Wildman–Crippen MR) is 105 cm³/mol. The zero-order valence-corrected chi connectivity index (χ0v) is 16.8. The topological polar surface area (TPSA) is 64.7 Å². The summed E-state index contributed by atoms with van der Waals surface area (Å²) in [6.07, 6.45) is -0.861. The van der Waals surface area contributed by atoms with Gasteiger partial charge in [-0.2, -0.15) is 10.2 Å². The van der Waals surface area contributed by atoms with Gasteiger partial charge in [-0.05, 0) is 43.5 Å². The normalized spacial score (nSPS) is 13.8. The van der Waals surface area contributed by atoms with Gasteiger partial charge in [0.1, 0.15) is 18.1 Å². The van der Waals surface area contributed by atoms with Gasteiger partial charge < -0.3 is 5.32 Å². The molecule has 0 saturated heterocycles. The number of carbonyl (C=O) groups excluding carboxylic acids is 1. The van der Waals surface area contributed by atoms with Crippen molar-refractivity contribution in [3.63, 3.8) is 0 Å². The minimum absolute atomic E-state index is 0.172. The molecule has 1 amide bonds. The molecule has 30 heavy (non-hydrogen) atoms. The van der Waals surface area contributed by atoms with Crippen LogP contribution in [0.25, 0.3) is 0 Å².